The standard InChI is InChI=1S/C24H21N3O4S2/c1-16-11-13-18(14-12-16)33(29,30)27-19-9-6-10-21(31-2)22(19)23(28)26-24-25-20(15-32-24)17-7-4-3-5-8-17/h3-15,27H,1-2H3,(H,25,26,28). The smallest absolute Gasteiger partial charge is 0.263 e. The van der Waals surface area contributed by atoms with Crippen LogP contribution in [0.2, 0.25) is 0 Å². The molecule has 2 N–H and O–H groups in total. The first-order chi connectivity index (χ1) is 15.9. The Hall–Kier alpha value is -3.69. The molecule has 3 aromatic carbocycles. The maximum Gasteiger partial charge on any atom is 0.263 e. The van der Waals surface area contributed by atoms with Crippen LogP contribution >= 0.6 is 11.3 Å². The third-order valence-corrected chi connectivity index (χ3v) is 6.98. The molecule has 0 atom stereocenters. The van der Waals surface area contributed by atoms with E-state index in [-0.39, 0.29) is 21.9 Å². The molecule has 0 saturated heterocycles. The quantitative estimate of drug-likeness (QED) is 0.381. The molecule has 0 fully saturated rings. The predicted molar refractivity (Wildman–Crippen MR) is 130 cm³/mol. The first kappa shape index (κ1) is 22.5. The Bertz CT molecular complexity index is 1380. The van der Waals surface area contributed by atoms with E-state index in [0.29, 0.717) is 5.13 Å². The highest BCUT2D eigenvalue weighted by Gasteiger charge is 2.23. The van der Waals surface area contributed by atoms with Crippen molar-refractivity contribution in [1.82, 2.24) is 4.98 Å². The number of sulfonamides is 1. The lowest BCUT2D eigenvalue weighted by Crippen LogP contribution is -2.19. The summed E-state index contributed by atoms with van der Waals surface area (Å²) in [6, 6.07) is 20.8. The molecule has 0 saturated carbocycles. The number of hydrogen-bond acceptors (Lipinski definition) is 6. The van der Waals surface area contributed by atoms with E-state index in [0.717, 1.165) is 16.8 Å². The van der Waals surface area contributed by atoms with Gasteiger partial charge in [-0.05, 0) is 31.2 Å². The Labute approximate surface area is 196 Å². The van der Waals surface area contributed by atoms with Gasteiger partial charge in [0.15, 0.2) is 5.13 Å². The second kappa shape index (κ2) is 9.43. The van der Waals surface area contributed by atoms with Gasteiger partial charge in [0, 0.05) is 10.9 Å². The number of nitrogens with one attached hydrogen (secondary N) is 2. The van der Waals surface area contributed by atoms with Crippen molar-refractivity contribution >= 4 is 38.1 Å². The number of anilines is 2. The van der Waals surface area contributed by atoms with Crippen molar-refractivity contribution in [3.05, 3.63) is 89.3 Å². The highest BCUT2D eigenvalue weighted by molar-refractivity contribution is 7.92. The zero-order chi connectivity index (χ0) is 23.4. The molecule has 4 aromatic rings. The number of nitrogens with zero attached hydrogens (tertiary/aromatic N) is 1. The Balaban J connectivity index is 1.63. The molecule has 0 bridgehead atoms. The molecule has 0 aliphatic carbocycles. The lowest BCUT2D eigenvalue weighted by molar-refractivity contribution is 0.102. The summed E-state index contributed by atoms with van der Waals surface area (Å²) in [6.07, 6.45) is 0. The molecule has 4 rings (SSSR count). The van der Waals surface area contributed by atoms with E-state index in [1.165, 1.54) is 36.6 Å². The minimum atomic E-state index is -3.91. The number of carbonyl (C=O) groups is 1. The van der Waals surface area contributed by atoms with Crippen molar-refractivity contribution in [2.45, 2.75) is 11.8 Å². The molecule has 33 heavy (non-hydrogen) atoms. The van der Waals surface area contributed by atoms with E-state index in [4.69, 9.17) is 4.74 Å². The maximum atomic E-state index is 13.2. The summed E-state index contributed by atoms with van der Waals surface area (Å²) >= 11 is 1.28. The topological polar surface area (TPSA) is 97.4 Å². The fraction of sp³-hybridized carbons (Fsp3) is 0.0833. The van der Waals surface area contributed by atoms with Gasteiger partial charge in [0.05, 0.1) is 23.4 Å². The first-order valence-corrected chi connectivity index (χ1v) is 12.3. The van der Waals surface area contributed by atoms with Crippen LogP contribution in [0.25, 0.3) is 11.3 Å². The number of thiazole rings is 1. The zero-order valence-electron chi connectivity index (χ0n) is 17.9. The van der Waals surface area contributed by atoms with Crippen molar-refractivity contribution in [2.24, 2.45) is 0 Å². The number of methoxy groups -OCH3 is 1. The van der Waals surface area contributed by atoms with Crippen LogP contribution in [0.3, 0.4) is 0 Å². The van der Waals surface area contributed by atoms with E-state index in [1.54, 1.807) is 24.3 Å². The number of aryl methyl sites for hydroxylation is 1. The second-order valence-corrected chi connectivity index (χ2v) is 9.70. The third-order valence-electron chi connectivity index (χ3n) is 4.84. The van der Waals surface area contributed by atoms with Crippen LogP contribution in [-0.2, 0) is 10.0 Å². The number of amides is 1. The van der Waals surface area contributed by atoms with E-state index < -0.39 is 15.9 Å². The number of benzene rings is 3. The normalized spacial score (nSPS) is 11.1. The van der Waals surface area contributed by atoms with Gasteiger partial charge in [-0.15, -0.1) is 11.3 Å². The number of rotatable bonds is 7. The van der Waals surface area contributed by atoms with Gasteiger partial charge < -0.3 is 4.74 Å². The van der Waals surface area contributed by atoms with Gasteiger partial charge in [-0.2, -0.15) is 0 Å². The maximum absolute atomic E-state index is 13.2. The summed E-state index contributed by atoms with van der Waals surface area (Å²) < 4.78 is 33.7. The molecule has 168 valence electrons. The molecule has 0 aliphatic heterocycles. The Morgan fingerprint density at radius 2 is 1.70 bits per heavy atom. The lowest BCUT2D eigenvalue weighted by Gasteiger charge is -2.15. The SMILES string of the molecule is COc1cccc(NS(=O)(=O)c2ccc(C)cc2)c1C(=O)Nc1nc(-c2ccccc2)cs1. The van der Waals surface area contributed by atoms with Gasteiger partial charge in [0.25, 0.3) is 15.9 Å². The fourth-order valence-corrected chi connectivity index (χ4v) is 4.96. The molecule has 7 nitrogen and oxygen atoms in total. The minimum absolute atomic E-state index is 0.0622. The van der Waals surface area contributed by atoms with Crippen LogP contribution in [0.4, 0.5) is 10.8 Å². The van der Waals surface area contributed by atoms with Gasteiger partial charge in [0.1, 0.15) is 11.3 Å². The molecule has 1 aromatic heterocycles. The summed E-state index contributed by atoms with van der Waals surface area (Å²) in [5.74, 6) is -0.306. The summed E-state index contributed by atoms with van der Waals surface area (Å²) in [6.45, 7) is 1.87. The molecule has 9 heteroatoms. The van der Waals surface area contributed by atoms with Crippen LogP contribution in [0.1, 0.15) is 15.9 Å². The molecule has 0 radical (unpaired) electrons. The van der Waals surface area contributed by atoms with E-state index in [9.17, 15) is 13.2 Å². The molecule has 0 aliphatic rings. The molecule has 1 heterocycles. The highest BCUT2D eigenvalue weighted by atomic mass is 32.2. The first-order valence-electron chi connectivity index (χ1n) is 9.96. The van der Waals surface area contributed by atoms with Crippen molar-refractivity contribution in [3.8, 4) is 17.0 Å². The number of aromatic nitrogens is 1. The predicted octanol–water partition coefficient (Wildman–Crippen LogP) is 5.18. The Morgan fingerprint density at radius 1 is 0.970 bits per heavy atom. The van der Waals surface area contributed by atoms with Gasteiger partial charge in [-0.3, -0.25) is 14.8 Å². The van der Waals surface area contributed by atoms with Crippen LogP contribution in [-0.4, -0.2) is 26.4 Å². The summed E-state index contributed by atoms with van der Waals surface area (Å²) in [7, 11) is -2.50. The summed E-state index contributed by atoms with van der Waals surface area (Å²) in [4.78, 5) is 17.7. The Kier molecular flexibility index (Phi) is 6.43. The van der Waals surface area contributed by atoms with E-state index in [1.807, 2.05) is 42.6 Å². The molecule has 0 spiro atoms. The van der Waals surface area contributed by atoms with Crippen LogP contribution < -0.4 is 14.8 Å². The average molecular weight is 480 g/mol. The van der Waals surface area contributed by atoms with Gasteiger partial charge in [0.2, 0.25) is 0 Å². The highest BCUT2D eigenvalue weighted by Crippen LogP contribution is 2.31. The third kappa shape index (κ3) is 5.05. The van der Waals surface area contributed by atoms with Crippen LogP contribution in [0.15, 0.2) is 83.1 Å². The Morgan fingerprint density at radius 3 is 2.39 bits per heavy atom. The fourth-order valence-electron chi connectivity index (χ4n) is 3.17. The molecule has 0 unspecified atom stereocenters. The zero-order valence-corrected chi connectivity index (χ0v) is 19.5. The molecular weight excluding hydrogens is 458 g/mol. The molecular formula is C24H21N3O4S2. The van der Waals surface area contributed by atoms with Crippen molar-refractivity contribution in [3.63, 3.8) is 0 Å². The van der Waals surface area contributed by atoms with Gasteiger partial charge >= 0.3 is 0 Å². The number of carbonyl (C=O) groups excluding carboxylic acids is 1. The van der Waals surface area contributed by atoms with E-state index in [2.05, 4.69) is 15.0 Å². The largest absolute Gasteiger partial charge is 0.496 e. The van der Waals surface area contributed by atoms with Crippen LogP contribution in [0.5, 0.6) is 5.75 Å². The van der Waals surface area contributed by atoms with Crippen molar-refractivity contribution in [2.75, 3.05) is 17.1 Å². The lowest BCUT2D eigenvalue weighted by atomic mass is 10.1. The van der Waals surface area contributed by atoms with Crippen molar-refractivity contribution in [1.29, 1.82) is 0 Å². The minimum Gasteiger partial charge on any atom is -0.496 e. The number of ether oxygens (including phenoxy) is 1. The molecule has 1 amide bonds. The van der Waals surface area contributed by atoms with Crippen molar-refractivity contribution < 1.29 is 17.9 Å². The average Bonchev–Trinajstić information content (AvgIpc) is 3.28. The van der Waals surface area contributed by atoms with Gasteiger partial charge in [-0.1, -0.05) is 54.1 Å². The number of hydrogen-bond donors (Lipinski definition) is 2. The summed E-state index contributed by atoms with van der Waals surface area (Å²) in [5, 5.41) is 4.98. The summed E-state index contributed by atoms with van der Waals surface area (Å²) in [5.41, 5.74) is 2.77. The van der Waals surface area contributed by atoms with E-state index >= 15 is 0 Å². The second-order valence-electron chi connectivity index (χ2n) is 7.16. The van der Waals surface area contributed by atoms with Gasteiger partial charge in [-0.25, -0.2) is 13.4 Å². The van der Waals surface area contributed by atoms with Crippen LogP contribution in [0, 0.1) is 6.92 Å². The monoisotopic (exact) mass is 479 g/mol.